The van der Waals surface area contributed by atoms with Gasteiger partial charge in [0.15, 0.2) is 0 Å². The molecule has 0 atom stereocenters. The Morgan fingerprint density at radius 1 is 1.25 bits per heavy atom. The minimum atomic E-state index is 0.971. The highest BCUT2D eigenvalue weighted by molar-refractivity contribution is 5.20. The second kappa shape index (κ2) is 5.40. The lowest BCUT2D eigenvalue weighted by atomic mass is 10.2. The molecule has 0 saturated carbocycles. The summed E-state index contributed by atoms with van der Waals surface area (Å²) in [6.07, 6.45) is 6.39. The van der Waals surface area contributed by atoms with Crippen LogP contribution in [-0.2, 0) is 6.54 Å². The van der Waals surface area contributed by atoms with E-state index in [1.807, 2.05) is 0 Å². The Balaban J connectivity index is 1.94. The molecule has 2 rings (SSSR count). The van der Waals surface area contributed by atoms with E-state index in [1.54, 1.807) is 0 Å². The number of nitrogens with zero attached hydrogens (tertiary/aromatic N) is 1. The molecule has 0 saturated heterocycles. The standard InChI is InChI=1S/C14H18N2/c1-2-15-14-9-6-10-16(12-14)11-13-7-4-3-5-8-13/h3-10,15H,2,11-12H2,1H3. The average molecular weight is 214 g/mol. The average Bonchev–Trinajstić information content (AvgIpc) is 2.31. The van der Waals surface area contributed by atoms with Gasteiger partial charge in [0.25, 0.3) is 0 Å². The molecule has 0 fully saturated rings. The normalized spacial score (nSPS) is 14.8. The Bertz CT molecular complexity index is 379. The topological polar surface area (TPSA) is 15.3 Å². The zero-order valence-corrected chi connectivity index (χ0v) is 9.69. The first-order valence-corrected chi connectivity index (χ1v) is 5.77. The first kappa shape index (κ1) is 10.8. The summed E-state index contributed by atoms with van der Waals surface area (Å²) >= 11 is 0. The minimum Gasteiger partial charge on any atom is -0.387 e. The second-order valence-electron chi connectivity index (χ2n) is 3.95. The second-order valence-corrected chi connectivity index (χ2v) is 3.95. The molecule has 1 heterocycles. The van der Waals surface area contributed by atoms with Crippen molar-refractivity contribution >= 4 is 0 Å². The van der Waals surface area contributed by atoms with Gasteiger partial charge in [0, 0.05) is 18.8 Å². The number of benzene rings is 1. The molecule has 16 heavy (non-hydrogen) atoms. The molecule has 0 bridgehead atoms. The highest BCUT2D eigenvalue weighted by Crippen LogP contribution is 2.10. The molecule has 1 N–H and O–H groups in total. The van der Waals surface area contributed by atoms with Gasteiger partial charge in [0.05, 0.1) is 6.54 Å². The van der Waals surface area contributed by atoms with E-state index >= 15 is 0 Å². The van der Waals surface area contributed by atoms with Crippen LogP contribution in [0.15, 0.2) is 54.4 Å². The molecule has 0 aliphatic carbocycles. The number of nitrogens with one attached hydrogen (secondary N) is 1. The smallest absolute Gasteiger partial charge is 0.0574 e. The van der Waals surface area contributed by atoms with Gasteiger partial charge in [-0.1, -0.05) is 30.3 Å². The van der Waals surface area contributed by atoms with Crippen LogP contribution in [0.3, 0.4) is 0 Å². The monoisotopic (exact) mass is 214 g/mol. The molecule has 0 aromatic heterocycles. The molecule has 1 aromatic carbocycles. The third-order valence-corrected chi connectivity index (χ3v) is 2.60. The van der Waals surface area contributed by atoms with Gasteiger partial charge in [-0.05, 0) is 30.8 Å². The van der Waals surface area contributed by atoms with E-state index in [0.29, 0.717) is 0 Å². The Morgan fingerprint density at radius 3 is 2.81 bits per heavy atom. The third kappa shape index (κ3) is 2.89. The van der Waals surface area contributed by atoms with Crippen LogP contribution in [-0.4, -0.2) is 18.0 Å². The van der Waals surface area contributed by atoms with Crippen LogP contribution in [0.2, 0.25) is 0 Å². The third-order valence-electron chi connectivity index (χ3n) is 2.60. The number of hydrogen-bond acceptors (Lipinski definition) is 2. The van der Waals surface area contributed by atoms with Gasteiger partial charge < -0.3 is 10.2 Å². The maximum atomic E-state index is 3.37. The number of allylic oxidation sites excluding steroid dienone is 2. The van der Waals surface area contributed by atoms with Gasteiger partial charge in [-0.15, -0.1) is 0 Å². The van der Waals surface area contributed by atoms with Crippen molar-refractivity contribution in [1.82, 2.24) is 10.2 Å². The highest BCUT2D eigenvalue weighted by atomic mass is 15.1. The molecule has 2 heteroatoms. The molecule has 0 unspecified atom stereocenters. The van der Waals surface area contributed by atoms with Crippen molar-refractivity contribution in [3.05, 3.63) is 59.9 Å². The lowest BCUT2D eigenvalue weighted by Crippen LogP contribution is -2.28. The van der Waals surface area contributed by atoms with Gasteiger partial charge in [-0.2, -0.15) is 0 Å². The van der Waals surface area contributed by atoms with Crippen LogP contribution < -0.4 is 5.32 Å². The quantitative estimate of drug-likeness (QED) is 0.828. The van der Waals surface area contributed by atoms with E-state index < -0.39 is 0 Å². The van der Waals surface area contributed by atoms with Crippen molar-refractivity contribution in [3.8, 4) is 0 Å². The van der Waals surface area contributed by atoms with Gasteiger partial charge in [0.2, 0.25) is 0 Å². The van der Waals surface area contributed by atoms with Crippen molar-refractivity contribution in [3.63, 3.8) is 0 Å². The van der Waals surface area contributed by atoms with Gasteiger partial charge in [-0.25, -0.2) is 0 Å². The van der Waals surface area contributed by atoms with Crippen molar-refractivity contribution in [2.24, 2.45) is 0 Å². The van der Waals surface area contributed by atoms with Crippen LogP contribution in [0, 0.1) is 0 Å². The summed E-state index contributed by atoms with van der Waals surface area (Å²) in [4.78, 5) is 2.31. The van der Waals surface area contributed by atoms with Crippen LogP contribution >= 0.6 is 0 Å². The fourth-order valence-corrected chi connectivity index (χ4v) is 1.87. The van der Waals surface area contributed by atoms with E-state index in [9.17, 15) is 0 Å². The van der Waals surface area contributed by atoms with Crippen molar-refractivity contribution in [2.75, 3.05) is 13.1 Å². The largest absolute Gasteiger partial charge is 0.387 e. The Morgan fingerprint density at radius 2 is 2.06 bits per heavy atom. The lowest BCUT2D eigenvalue weighted by molar-refractivity contribution is 0.386. The van der Waals surface area contributed by atoms with Crippen molar-refractivity contribution < 1.29 is 0 Å². The molecule has 0 spiro atoms. The summed E-state index contributed by atoms with van der Waals surface area (Å²) in [5.41, 5.74) is 2.64. The Hall–Kier alpha value is -1.70. The zero-order chi connectivity index (χ0) is 11.2. The van der Waals surface area contributed by atoms with Crippen LogP contribution in [0.5, 0.6) is 0 Å². The Labute approximate surface area is 97.3 Å². The molecule has 0 radical (unpaired) electrons. The first-order chi connectivity index (χ1) is 7.88. The molecule has 1 aliphatic rings. The number of rotatable bonds is 4. The minimum absolute atomic E-state index is 0.971. The zero-order valence-electron chi connectivity index (χ0n) is 9.69. The van der Waals surface area contributed by atoms with Crippen molar-refractivity contribution in [2.45, 2.75) is 13.5 Å². The predicted molar refractivity (Wildman–Crippen MR) is 67.8 cm³/mol. The summed E-state index contributed by atoms with van der Waals surface area (Å²) in [5, 5.41) is 3.37. The van der Waals surface area contributed by atoms with Crippen LogP contribution in [0.4, 0.5) is 0 Å². The van der Waals surface area contributed by atoms with Crippen LogP contribution in [0.25, 0.3) is 0 Å². The predicted octanol–water partition coefficient (Wildman–Crippen LogP) is 2.51. The maximum absolute atomic E-state index is 3.37. The van der Waals surface area contributed by atoms with Crippen molar-refractivity contribution in [1.29, 1.82) is 0 Å². The van der Waals surface area contributed by atoms with E-state index in [0.717, 1.165) is 19.6 Å². The Kier molecular flexibility index (Phi) is 3.65. The molecule has 1 aromatic rings. The molecule has 2 nitrogen and oxygen atoms in total. The lowest BCUT2D eigenvalue weighted by Gasteiger charge is -2.25. The summed E-state index contributed by atoms with van der Waals surface area (Å²) in [5.74, 6) is 0. The summed E-state index contributed by atoms with van der Waals surface area (Å²) < 4.78 is 0. The first-order valence-electron chi connectivity index (χ1n) is 5.77. The molecular formula is C14H18N2. The number of hydrogen-bond donors (Lipinski definition) is 1. The number of likely N-dealkylation sites (N-methyl/N-ethyl adjacent to an activating group) is 1. The van der Waals surface area contributed by atoms with Gasteiger partial charge in [-0.3, -0.25) is 0 Å². The molecule has 1 aliphatic heterocycles. The van der Waals surface area contributed by atoms with E-state index in [4.69, 9.17) is 0 Å². The van der Waals surface area contributed by atoms with E-state index in [-0.39, 0.29) is 0 Å². The van der Waals surface area contributed by atoms with Gasteiger partial charge >= 0.3 is 0 Å². The summed E-state index contributed by atoms with van der Waals surface area (Å²) in [6, 6.07) is 10.6. The van der Waals surface area contributed by atoms with Crippen LogP contribution in [0.1, 0.15) is 12.5 Å². The van der Waals surface area contributed by atoms with E-state index in [2.05, 4.69) is 65.8 Å². The van der Waals surface area contributed by atoms with Gasteiger partial charge in [0.1, 0.15) is 0 Å². The summed E-state index contributed by atoms with van der Waals surface area (Å²) in [6.45, 7) is 5.05. The summed E-state index contributed by atoms with van der Waals surface area (Å²) in [7, 11) is 0. The molecule has 0 amide bonds. The maximum Gasteiger partial charge on any atom is 0.0574 e. The SMILES string of the molecule is CCNC1=CC=CN(Cc2ccccc2)C1. The van der Waals surface area contributed by atoms with E-state index in [1.165, 1.54) is 11.3 Å². The highest BCUT2D eigenvalue weighted by Gasteiger charge is 2.06. The fourth-order valence-electron chi connectivity index (χ4n) is 1.87. The molecule has 84 valence electrons. The fraction of sp³-hybridized carbons (Fsp3) is 0.286. The molecular weight excluding hydrogens is 196 g/mol.